The van der Waals surface area contributed by atoms with Crippen molar-refractivity contribution in [2.24, 2.45) is 0 Å². The molecule has 0 aliphatic heterocycles. The van der Waals surface area contributed by atoms with Gasteiger partial charge in [-0.1, -0.05) is 97.7 Å². The Labute approximate surface area is 271 Å². The van der Waals surface area contributed by atoms with Crippen molar-refractivity contribution in [3.05, 3.63) is 130 Å². The van der Waals surface area contributed by atoms with Crippen LogP contribution in [0.2, 0.25) is 5.02 Å². The Morgan fingerprint density at radius 1 is 0.844 bits per heavy atom. The van der Waals surface area contributed by atoms with E-state index in [1.165, 1.54) is 17.0 Å². The molecule has 0 spiro atoms. The number of anilines is 1. The molecule has 0 unspecified atom stereocenters. The number of benzene rings is 4. The molecular formula is C36H40ClN3O4S. The Morgan fingerprint density at radius 2 is 1.49 bits per heavy atom. The molecule has 236 valence electrons. The second-order valence-corrected chi connectivity index (χ2v) is 13.4. The van der Waals surface area contributed by atoms with Crippen molar-refractivity contribution < 1.29 is 18.0 Å². The fourth-order valence-electron chi connectivity index (χ4n) is 5.16. The molecule has 0 saturated carbocycles. The molecule has 45 heavy (non-hydrogen) atoms. The lowest BCUT2D eigenvalue weighted by molar-refractivity contribution is -0.140. The van der Waals surface area contributed by atoms with Gasteiger partial charge < -0.3 is 10.2 Å². The molecule has 9 heteroatoms. The van der Waals surface area contributed by atoms with Gasteiger partial charge in [-0.25, -0.2) is 8.42 Å². The number of aryl methyl sites for hydroxylation is 2. The number of amides is 2. The molecule has 0 radical (unpaired) electrons. The van der Waals surface area contributed by atoms with E-state index in [0.29, 0.717) is 22.8 Å². The molecular weight excluding hydrogens is 606 g/mol. The first-order valence-corrected chi connectivity index (χ1v) is 16.9. The average Bonchev–Trinajstić information content (AvgIpc) is 3.03. The van der Waals surface area contributed by atoms with Gasteiger partial charge in [0.1, 0.15) is 12.6 Å². The van der Waals surface area contributed by atoms with Crippen LogP contribution in [0.3, 0.4) is 0 Å². The predicted molar refractivity (Wildman–Crippen MR) is 181 cm³/mol. The van der Waals surface area contributed by atoms with Crippen molar-refractivity contribution >= 4 is 39.1 Å². The third-order valence-electron chi connectivity index (χ3n) is 7.74. The van der Waals surface area contributed by atoms with Crippen LogP contribution in [-0.2, 0) is 32.6 Å². The summed E-state index contributed by atoms with van der Waals surface area (Å²) in [5, 5.41) is 3.47. The number of nitrogens with zero attached hydrogens (tertiary/aromatic N) is 2. The number of nitrogens with one attached hydrogen (secondary N) is 1. The van der Waals surface area contributed by atoms with Gasteiger partial charge in [0.05, 0.1) is 10.6 Å². The zero-order valence-corrected chi connectivity index (χ0v) is 27.5. The maximum atomic E-state index is 14.6. The molecule has 1 N–H and O–H groups in total. The summed E-state index contributed by atoms with van der Waals surface area (Å²) < 4.78 is 29.4. The summed E-state index contributed by atoms with van der Waals surface area (Å²) in [5.74, 6) is -0.784. The monoisotopic (exact) mass is 645 g/mol. The largest absolute Gasteiger partial charge is 0.354 e. The molecule has 0 heterocycles. The summed E-state index contributed by atoms with van der Waals surface area (Å²) in [6.45, 7) is 5.84. The first-order valence-electron chi connectivity index (χ1n) is 15.1. The van der Waals surface area contributed by atoms with Crippen LogP contribution in [0.15, 0.2) is 108 Å². The Morgan fingerprint density at radius 3 is 2.13 bits per heavy atom. The Bertz CT molecular complexity index is 1700. The van der Waals surface area contributed by atoms with Crippen LogP contribution in [-0.4, -0.2) is 44.3 Å². The number of unbranched alkanes of at least 4 members (excludes halogenated alkanes) is 1. The lowest BCUT2D eigenvalue weighted by atomic mass is 10.0. The van der Waals surface area contributed by atoms with Crippen molar-refractivity contribution in [2.45, 2.75) is 57.5 Å². The first kappa shape index (κ1) is 33.7. The number of hydrogen-bond donors (Lipinski definition) is 1. The van der Waals surface area contributed by atoms with Crippen LogP contribution in [0.5, 0.6) is 0 Å². The van der Waals surface area contributed by atoms with Crippen LogP contribution in [0.25, 0.3) is 0 Å². The molecule has 2 amide bonds. The van der Waals surface area contributed by atoms with Crippen molar-refractivity contribution in [1.82, 2.24) is 10.2 Å². The fourth-order valence-corrected chi connectivity index (χ4v) is 6.89. The molecule has 4 aromatic carbocycles. The van der Waals surface area contributed by atoms with Crippen molar-refractivity contribution in [3.63, 3.8) is 0 Å². The van der Waals surface area contributed by atoms with Gasteiger partial charge in [0.15, 0.2) is 0 Å². The highest BCUT2D eigenvalue weighted by Crippen LogP contribution is 2.29. The number of carbonyl (C=O) groups is 2. The lowest BCUT2D eigenvalue weighted by Crippen LogP contribution is -2.53. The van der Waals surface area contributed by atoms with Crippen LogP contribution in [0.1, 0.15) is 42.0 Å². The summed E-state index contributed by atoms with van der Waals surface area (Å²) in [6, 6.07) is 29.2. The molecule has 7 nitrogen and oxygen atoms in total. The van der Waals surface area contributed by atoms with Crippen molar-refractivity contribution in [1.29, 1.82) is 0 Å². The minimum absolute atomic E-state index is 0.0516. The highest BCUT2D eigenvalue weighted by molar-refractivity contribution is 7.92. The molecule has 0 aliphatic rings. The van der Waals surface area contributed by atoms with E-state index in [9.17, 15) is 18.0 Å². The standard InChI is InChI=1S/C36H40ClN3O4S/c1-4-5-22-38-36(42)34(24-29-15-8-6-9-16-29)39(25-30-17-13-12-14-27(30)2)35(41)26-40(33-21-20-31(37)23-28(33)3)45(43,44)32-18-10-7-11-19-32/h6-21,23,34H,4-5,22,24-26H2,1-3H3,(H,38,42)/t34-/m1/s1. The minimum Gasteiger partial charge on any atom is -0.354 e. The normalized spacial score (nSPS) is 11.9. The van der Waals surface area contributed by atoms with E-state index in [0.717, 1.165) is 33.8 Å². The smallest absolute Gasteiger partial charge is 0.264 e. The Balaban J connectivity index is 1.81. The molecule has 4 rings (SSSR count). The third-order valence-corrected chi connectivity index (χ3v) is 9.75. The van der Waals surface area contributed by atoms with Crippen LogP contribution < -0.4 is 9.62 Å². The molecule has 0 saturated heterocycles. The van der Waals surface area contributed by atoms with Crippen LogP contribution in [0.4, 0.5) is 5.69 Å². The summed E-state index contributed by atoms with van der Waals surface area (Å²) in [4.78, 5) is 30.0. The molecule has 0 aliphatic carbocycles. The van der Waals surface area contributed by atoms with E-state index in [2.05, 4.69) is 5.32 Å². The van der Waals surface area contributed by atoms with Gasteiger partial charge in [0.2, 0.25) is 11.8 Å². The van der Waals surface area contributed by atoms with Gasteiger partial charge in [-0.05, 0) is 72.9 Å². The maximum absolute atomic E-state index is 14.6. The lowest BCUT2D eigenvalue weighted by Gasteiger charge is -2.34. The minimum atomic E-state index is -4.18. The van der Waals surface area contributed by atoms with Gasteiger partial charge in [0, 0.05) is 24.5 Å². The molecule has 4 aromatic rings. The van der Waals surface area contributed by atoms with E-state index in [1.807, 2.05) is 68.4 Å². The van der Waals surface area contributed by atoms with Crippen LogP contribution >= 0.6 is 11.6 Å². The number of halogens is 1. The van der Waals surface area contributed by atoms with Crippen molar-refractivity contribution in [3.8, 4) is 0 Å². The molecule has 0 fully saturated rings. The quantitative estimate of drug-likeness (QED) is 0.155. The highest BCUT2D eigenvalue weighted by Gasteiger charge is 2.35. The summed E-state index contributed by atoms with van der Waals surface area (Å²) >= 11 is 6.23. The number of carbonyl (C=O) groups excluding carboxylic acids is 2. The summed E-state index contributed by atoms with van der Waals surface area (Å²) in [5.41, 5.74) is 3.64. The third kappa shape index (κ3) is 8.74. The summed E-state index contributed by atoms with van der Waals surface area (Å²) in [7, 11) is -4.18. The van der Waals surface area contributed by atoms with E-state index in [4.69, 9.17) is 11.6 Å². The van der Waals surface area contributed by atoms with Gasteiger partial charge in [-0.2, -0.15) is 0 Å². The molecule has 1 atom stereocenters. The first-order chi connectivity index (χ1) is 21.6. The molecule has 0 aromatic heterocycles. The zero-order valence-electron chi connectivity index (χ0n) is 25.9. The highest BCUT2D eigenvalue weighted by atomic mass is 35.5. The maximum Gasteiger partial charge on any atom is 0.264 e. The van der Waals surface area contributed by atoms with Gasteiger partial charge in [-0.15, -0.1) is 0 Å². The predicted octanol–water partition coefficient (Wildman–Crippen LogP) is 6.71. The fraction of sp³-hybridized carbons (Fsp3) is 0.278. The number of rotatable bonds is 14. The van der Waals surface area contributed by atoms with Crippen molar-refractivity contribution in [2.75, 3.05) is 17.4 Å². The van der Waals surface area contributed by atoms with Crippen LogP contribution in [0, 0.1) is 13.8 Å². The number of hydrogen-bond acceptors (Lipinski definition) is 4. The van der Waals surface area contributed by atoms with Gasteiger partial charge >= 0.3 is 0 Å². The molecule has 0 bridgehead atoms. The van der Waals surface area contributed by atoms with E-state index in [1.54, 1.807) is 43.3 Å². The van der Waals surface area contributed by atoms with Gasteiger partial charge in [0.25, 0.3) is 10.0 Å². The second kappa shape index (κ2) is 15.7. The zero-order chi connectivity index (χ0) is 32.4. The van der Waals surface area contributed by atoms with E-state index in [-0.39, 0.29) is 23.8 Å². The average molecular weight is 646 g/mol. The Kier molecular flexibility index (Phi) is 11.8. The Hall–Kier alpha value is -4.14. The number of sulfonamides is 1. The van der Waals surface area contributed by atoms with Gasteiger partial charge in [-0.3, -0.25) is 13.9 Å². The topological polar surface area (TPSA) is 86.8 Å². The van der Waals surface area contributed by atoms with E-state index < -0.39 is 28.5 Å². The second-order valence-electron chi connectivity index (χ2n) is 11.1. The summed E-state index contributed by atoms with van der Waals surface area (Å²) in [6.07, 6.45) is 1.97. The van der Waals surface area contributed by atoms with E-state index >= 15 is 0 Å². The SMILES string of the molecule is CCCCNC(=O)[C@@H](Cc1ccccc1)N(Cc1ccccc1C)C(=O)CN(c1ccc(Cl)cc1C)S(=O)(=O)c1ccccc1.